The topological polar surface area (TPSA) is 30.3 Å². The lowest BCUT2D eigenvalue weighted by Crippen LogP contribution is -2.46. The fourth-order valence-corrected chi connectivity index (χ4v) is 4.83. The molecule has 5 rings (SSSR count). The molecule has 0 atom stereocenters. The van der Waals surface area contributed by atoms with Gasteiger partial charge in [0.05, 0.1) is 11.3 Å². The first-order valence-electron chi connectivity index (χ1n) is 10.5. The van der Waals surface area contributed by atoms with Gasteiger partial charge in [0.2, 0.25) is 0 Å². The predicted molar refractivity (Wildman–Crippen MR) is 118 cm³/mol. The van der Waals surface area contributed by atoms with Gasteiger partial charge in [-0.15, -0.1) is 0 Å². The van der Waals surface area contributed by atoms with Crippen molar-refractivity contribution in [3.63, 3.8) is 0 Å². The number of anilines is 1. The molecule has 0 unspecified atom stereocenters. The molecule has 144 valence electrons. The van der Waals surface area contributed by atoms with Gasteiger partial charge < -0.3 is 4.90 Å². The first-order valence-corrected chi connectivity index (χ1v) is 10.5. The molecule has 3 nitrogen and oxygen atoms in total. The second-order valence-electron chi connectivity index (χ2n) is 8.01. The van der Waals surface area contributed by atoms with E-state index in [9.17, 15) is 5.26 Å². The summed E-state index contributed by atoms with van der Waals surface area (Å²) in [6.45, 7) is 5.00. The van der Waals surface area contributed by atoms with Crippen LogP contribution >= 0.6 is 0 Å². The number of rotatable bonds is 3. The van der Waals surface area contributed by atoms with Crippen LogP contribution in [0.2, 0.25) is 0 Å². The van der Waals surface area contributed by atoms with Crippen LogP contribution in [-0.2, 0) is 19.4 Å². The van der Waals surface area contributed by atoms with Crippen LogP contribution in [0.3, 0.4) is 0 Å². The average Bonchev–Trinajstić information content (AvgIpc) is 2.79. The van der Waals surface area contributed by atoms with E-state index in [0.717, 1.165) is 51.1 Å². The maximum absolute atomic E-state index is 9.81. The molecular formula is C26H25N3. The van der Waals surface area contributed by atoms with Crippen LogP contribution in [0.1, 0.15) is 22.3 Å². The normalized spacial score (nSPS) is 16.0. The van der Waals surface area contributed by atoms with E-state index in [4.69, 9.17) is 0 Å². The van der Waals surface area contributed by atoms with Crippen molar-refractivity contribution in [3.8, 4) is 17.2 Å². The summed E-state index contributed by atoms with van der Waals surface area (Å²) in [5.41, 5.74) is 8.79. The number of nitriles is 1. The minimum absolute atomic E-state index is 0.819. The van der Waals surface area contributed by atoms with Crippen molar-refractivity contribution in [2.24, 2.45) is 0 Å². The second-order valence-corrected chi connectivity index (χ2v) is 8.01. The maximum Gasteiger partial charge on any atom is 0.101 e. The first-order chi connectivity index (χ1) is 14.3. The SMILES string of the molecule is N#Cc1ccc2c(c1N1CCN(Cc3ccccc3)CC1)CCc1ccccc1-2. The van der Waals surface area contributed by atoms with Gasteiger partial charge in [0, 0.05) is 32.7 Å². The van der Waals surface area contributed by atoms with E-state index in [2.05, 4.69) is 76.5 Å². The summed E-state index contributed by atoms with van der Waals surface area (Å²) in [5, 5.41) is 9.81. The smallest absolute Gasteiger partial charge is 0.101 e. The number of fused-ring (bicyclic) bond motifs is 3. The Morgan fingerprint density at radius 3 is 2.31 bits per heavy atom. The molecule has 1 heterocycles. The van der Waals surface area contributed by atoms with Gasteiger partial charge in [0.25, 0.3) is 0 Å². The van der Waals surface area contributed by atoms with Crippen molar-refractivity contribution >= 4 is 5.69 Å². The van der Waals surface area contributed by atoms with Gasteiger partial charge in [0.1, 0.15) is 6.07 Å². The summed E-state index contributed by atoms with van der Waals surface area (Å²) in [4.78, 5) is 4.97. The highest BCUT2D eigenvalue weighted by Crippen LogP contribution is 2.40. The first kappa shape index (κ1) is 18.0. The highest BCUT2D eigenvalue weighted by atomic mass is 15.3. The Hall–Kier alpha value is -3.09. The molecule has 1 fully saturated rings. The molecule has 29 heavy (non-hydrogen) atoms. The summed E-state index contributed by atoms with van der Waals surface area (Å²) in [6.07, 6.45) is 2.07. The number of piperazine rings is 1. The van der Waals surface area contributed by atoms with Gasteiger partial charge in [-0.2, -0.15) is 5.26 Å². The summed E-state index contributed by atoms with van der Waals surface area (Å²) in [5.74, 6) is 0. The highest BCUT2D eigenvalue weighted by Gasteiger charge is 2.26. The van der Waals surface area contributed by atoms with Gasteiger partial charge in [-0.05, 0) is 46.7 Å². The Morgan fingerprint density at radius 1 is 0.759 bits per heavy atom. The van der Waals surface area contributed by atoms with Crippen molar-refractivity contribution in [2.75, 3.05) is 31.1 Å². The van der Waals surface area contributed by atoms with Crippen molar-refractivity contribution < 1.29 is 0 Å². The Balaban J connectivity index is 1.41. The minimum atomic E-state index is 0.819. The van der Waals surface area contributed by atoms with E-state index in [1.807, 2.05) is 6.07 Å². The summed E-state index contributed by atoms with van der Waals surface area (Å²) in [6, 6.07) is 26.0. The van der Waals surface area contributed by atoms with Crippen LogP contribution < -0.4 is 4.90 Å². The van der Waals surface area contributed by atoms with Gasteiger partial charge in [0.15, 0.2) is 0 Å². The molecule has 1 aliphatic carbocycles. The standard InChI is InChI=1S/C26H25N3/c27-18-22-11-12-24-23-9-5-4-8-21(23)10-13-25(24)26(22)29-16-14-28(15-17-29)19-20-6-2-1-3-7-20/h1-9,11-12H,10,13-17,19H2. The van der Waals surface area contributed by atoms with Gasteiger partial charge in [-0.3, -0.25) is 4.90 Å². The molecule has 0 saturated carbocycles. The second kappa shape index (κ2) is 7.73. The molecule has 1 saturated heterocycles. The van der Waals surface area contributed by atoms with E-state index in [1.165, 1.54) is 33.5 Å². The van der Waals surface area contributed by atoms with Gasteiger partial charge in [-0.25, -0.2) is 0 Å². The zero-order chi connectivity index (χ0) is 19.6. The predicted octanol–water partition coefficient (Wildman–Crippen LogP) is 4.65. The summed E-state index contributed by atoms with van der Waals surface area (Å²) >= 11 is 0. The molecule has 1 aliphatic heterocycles. The van der Waals surface area contributed by atoms with Crippen LogP contribution in [0, 0.1) is 11.3 Å². The maximum atomic E-state index is 9.81. The third-order valence-corrected chi connectivity index (χ3v) is 6.29. The van der Waals surface area contributed by atoms with Crippen LogP contribution in [0.5, 0.6) is 0 Å². The number of nitrogens with zero attached hydrogens (tertiary/aromatic N) is 3. The fourth-order valence-electron chi connectivity index (χ4n) is 4.83. The summed E-state index contributed by atoms with van der Waals surface area (Å²) in [7, 11) is 0. The molecule has 0 N–H and O–H groups in total. The fraction of sp³-hybridized carbons (Fsp3) is 0.269. The van der Waals surface area contributed by atoms with Crippen LogP contribution in [0.15, 0.2) is 66.7 Å². The monoisotopic (exact) mass is 379 g/mol. The van der Waals surface area contributed by atoms with Gasteiger partial charge >= 0.3 is 0 Å². The molecule has 3 aromatic carbocycles. The Morgan fingerprint density at radius 2 is 1.52 bits per heavy atom. The van der Waals surface area contributed by atoms with Crippen molar-refractivity contribution in [3.05, 3.63) is 89.0 Å². The largest absolute Gasteiger partial charge is 0.368 e. The van der Waals surface area contributed by atoms with E-state index in [0.29, 0.717) is 0 Å². The molecule has 0 amide bonds. The number of hydrogen-bond acceptors (Lipinski definition) is 3. The molecule has 2 aliphatic rings. The molecule has 3 heteroatoms. The average molecular weight is 380 g/mol. The van der Waals surface area contributed by atoms with E-state index in [1.54, 1.807) is 0 Å². The van der Waals surface area contributed by atoms with Crippen LogP contribution in [0.4, 0.5) is 5.69 Å². The Kier molecular flexibility index (Phi) is 4.79. The number of aryl methyl sites for hydroxylation is 1. The van der Waals surface area contributed by atoms with E-state index < -0.39 is 0 Å². The summed E-state index contributed by atoms with van der Waals surface area (Å²) < 4.78 is 0. The third-order valence-electron chi connectivity index (χ3n) is 6.29. The molecular weight excluding hydrogens is 354 g/mol. The van der Waals surface area contributed by atoms with Crippen molar-refractivity contribution in [1.82, 2.24) is 4.90 Å². The molecule has 0 spiro atoms. The molecule has 0 radical (unpaired) electrons. The molecule has 0 bridgehead atoms. The highest BCUT2D eigenvalue weighted by molar-refractivity contribution is 5.81. The zero-order valence-corrected chi connectivity index (χ0v) is 16.6. The van der Waals surface area contributed by atoms with E-state index >= 15 is 0 Å². The van der Waals surface area contributed by atoms with Crippen LogP contribution in [-0.4, -0.2) is 31.1 Å². The Labute approximate surface area is 172 Å². The molecule has 0 aromatic heterocycles. The lowest BCUT2D eigenvalue weighted by molar-refractivity contribution is 0.249. The van der Waals surface area contributed by atoms with E-state index in [-0.39, 0.29) is 0 Å². The third kappa shape index (κ3) is 3.41. The lowest BCUT2D eigenvalue weighted by Gasteiger charge is -2.38. The van der Waals surface area contributed by atoms with Gasteiger partial charge in [-0.1, -0.05) is 60.7 Å². The number of benzene rings is 3. The van der Waals surface area contributed by atoms with Crippen molar-refractivity contribution in [1.29, 1.82) is 5.26 Å². The number of hydrogen-bond donors (Lipinski definition) is 0. The zero-order valence-electron chi connectivity index (χ0n) is 16.6. The quantitative estimate of drug-likeness (QED) is 0.664. The molecule has 3 aromatic rings. The van der Waals surface area contributed by atoms with Crippen molar-refractivity contribution in [2.45, 2.75) is 19.4 Å². The van der Waals surface area contributed by atoms with Crippen LogP contribution in [0.25, 0.3) is 11.1 Å². The minimum Gasteiger partial charge on any atom is -0.368 e. The Bertz CT molecular complexity index is 1060. The lowest BCUT2D eigenvalue weighted by atomic mass is 9.83.